The molecule has 0 radical (unpaired) electrons. The van der Waals surface area contributed by atoms with Crippen LogP contribution in [0, 0.1) is 0 Å². The third kappa shape index (κ3) is 2.47. The summed E-state index contributed by atoms with van der Waals surface area (Å²) >= 11 is 0. The highest BCUT2D eigenvalue weighted by Gasteiger charge is 2.46. The fourth-order valence-electron chi connectivity index (χ4n) is 3.19. The van der Waals surface area contributed by atoms with Gasteiger partial charge in [0, 0.05) is 13.2 Å². The van der Waals surface area contributed by atoms with Crippen LogP contribution in [0.4, 0.5) is 0 Å². The molecule has 17 heavy (non-hydrogen) atoms. The Kier molecular flexibility index (Phi) is 4.05. The highest BCUT2D eigenvalue weighted by molar-refractivity contribution is 5.79. The summed E-state index contributed by atoms with van der Waals surface area (Å²) in [4.78, 5) is 13.7. The third-order valence-electron chi connectivity index (χ3n) is 4.30. The molecular weight excluding hydrogens is 218 g/mol. The minimum absolute atomic E-state index is 0.243. The average molecular weight is 241 g/mol. The second kappa shape index (κ2) is 5.36. The minimum atomic E-state index is -0.659. The van der Waals surface area contributed by atoms with E-state index < -0.39 is 11.5 Å². The van der Waals surface area contributed by atoms with Crippen molar-refractivity contribution in [3.05, 3.63) is 0 Å². The van der Waals surface area contributed by atoms with Crippen LogP contribution in [0.3, 0.4) is 0 Å². The third-order valence-corrected chi connectivity index (χ3v) is 4.30. The first-order valence-electron chi connectivity index (χ1n) is 6.79. The zero-order valence-corrected chi connectivity index (χ0v) is 10.7. The van der Waals surface area contributed by atoms with Crippen molar-refractivity contribution in [2.24, 2.45) is 0 Å². The molecule has 2 aliphatic heterocycles. The summed E-state index contributed by atoms with van der Waals surface area (Å²) in [5.41, 5.74) is -0.624. The lowest BCUT2D eigenvalue weighted by molar-refractivity contribution is -0.151. The summed E-state index contributed by atoms with van der Waals surface area (Å²) in [7, 11) is 0. The summed E-state index contributed by atoms with van der Waals surface area (Å²) in [5, 5.41) is 9.48. The number of aliphatic carboxylic acids is 1. The van der Waals surface area contributed by atoms with E-state index in [0.717, 1.165) is 45.4 Å². The zero-order valence-electron chi connectivity index (χ0n) is 10.7. The molecule has 1 N–H and O–H groups in total. The van der Waals surface area contributed by atoms with Gasteiger partial charge in [0.2, 0.25) is 0 Å². The first-order chi connectivity index (χ1) is 8.19. The van der Waals surface area contributed by atoms with Crippen molar-refractivity contribution in [1.29, 1.82) is 0 Å². The first kappa shape index (κ1) is 12.8. The fourth-order valence-corrected chi connectivity index (χ4v) is 3.19. The number of nitrogens with zero attached hydrogens (tertiary/aromatic N) is 1. The molecule has 2 unspecified atom stereocenters. The van der Waals surface area contributed by atoms with E-state index in [2.05, 4.69) is 4.90 Å². The maximum atomic E-state index is 11.5. The smallest absolute Gasteiger partial charge is 0.324 e. The SMILES string of the molecule is CCC1(C(=O)O)CCCN1CC1CCCCO1. The van der Waals surface area contributed by atoms with Gasteiger partial charge in [0.05, 0.1) is 6.10 Å². The molecule has 0 aromatic rings. The maximum Gasteiger partial charge on any atom is 0.324 e. The molecule has 0 aliphatic carbocycles. The van der Waals surface area contributed by atoms with E-state index in [-0.39, 0.29) is 6.10 Å². The number of hydrogen-bond donors (Lipinski definition) is 1. The van der Waals surface area contributed by atoms with E-state index in [0.29, 0.717) is 6.42 Å². The molecule has 2 heterocycles. The Morgan fingerprint density at radius 2 is 2.29 bits per heavy atom. The summed E-state index contributed by atoms with van der Waals surface area (Å²) in [5.74, 6) is -0.659. The highest BCUT2D eigenvalue weighted by atomic mass is 16.5. The number of rotatable bonds is 4. The van der Waals surface area contributed by atoms with E-state index in [9.17, 15) is 9.90 Å². The van der Waals surface area contributed by atoms with Gasteiger partial charge in [0.15, 0.2) is 0 Å². The molecular formula is C13H23NO3. The maximum absolute atomic E-state index is 11.5. The van der Waals surface area contributed by atoms with Gasteiger partial charge in [0.25, 0.3) is 0 Å². The topological polar surface area (TPSA) is 49.8 Å². The predicted octanol–water partition coefficient (Wildman–Crippen LogP) is 1.88. The summed E-state index contributed by atoms with van der Waals surface area (Å²) in [6.45, 7) is 4.51. The van der Waals surface area contributed by atoms with Crippen LogP contribution in [0.1, 0.15) is 45.4 Å². The van der Waals surface area contributed by atoms with Crippen LogP contribution in [0.5, 0.6) is 0 Å². The lowest BCUT2D eigenvalue weighted by atomic mass is 9.92. The molecule has 0 bridgehead atoms. The van der Waals surface area contributed by atoms with Gasteiger partial charge in [-0.05, 0) is 45.1 Å². The molecule has 0 aromatic carbocycles. The van der Waals surface area contributed by atoms with Gasteiger partial charge in [0.1, 0.15) is 5.54 Å². The number of hydrogen-bond acceptors (Lipinski definition) is 3. The fraction of sp³-hybridized carbons (Fsp3) is 0.923. The van der Waals surface area contributed by atoms with Crippen molar-refractivity contribution < 1.29 is 14.6 Å². The second-order valence-corrected chi connectivity index (χ2v) is 5.23. The van der Waals surface area contributed by atoms with Gasteiger partial charge in [-0.1, -0.05) is 6.92 Å². The van der Waals surface area contributed by atoms with Gasteiger partial charge in [-0.25, -0.2) is 0 Å². The first-order valence-corrected chi connectivity index (χ1v) is 6.79. The molecule has 0 saturated carbocycles. The summed E-state index contributed by atoms with van der Waals surface area (Å²) < 4.78 is 5.72. The molecule has 4 nitrogen and oxygen atoms in total. The van der Waals surface area contributed by atoms with Gasteiger partial charge in [-0.3, -0.25) is 9.69 Å². The number of likely N-dealkylation sites (tertiary alicyclic amines) is 1. The molecule has 0 amide bonds. The Morgan fingerprint density at radius 3 is 2.88 bits per heavy atom. The van der Waals surface area contributed by atoms with Crippen LogP contribution in [-0.2, 0) is 9.53 Å². The number of ether oxygens (including phenoxy) is 1. The van der Waals surface area contributed by atoms with E-state index in [1.54, 1.807) is 0 Å². The molecule has 2 saturated heterocycles. The van der Waals surface area contributed by atoms with E-state index in [4.69, 9.17) is 4.74 Å². The average Bonchev–Trinajstić information content (AvgIpc) is 2.74. The van der Waals surface area contributed by atoms with Gasteiger partial charge >= 0.3 is 5.97 Å². The number of carboxylic acid groups (broad SMARTS) is 1. The Bertz CT molecular complexity index is 276. The van der Waals surface area contributed by atoms with Crippen LogP contribution in [-0.4, -0.2) is 47.3 Å². The highest BCUT2D eigenvalue weighted by Crippen LogP contribution is 2.33. The molecule has 98 valence electrons. The Morgan fingerprint density at radius 1 is 1.47 bits per heavy atom. The summed E-state index contributed by atoms with van der Waals surface area (Å²) in [6, 6.07) is 0. The number of carboxylic acids is 1. The molecule has 0 spiro atoms. The molecule has 2 rings (SSSR count). The molecule has 2 aliphatic rings. The predicted molar refractivity (Wildman–Crippen MR) is 65.1 cm³/mol. The van der Waals surface area contributed by atoms with Crippen LogP contribution >= 0.6 is 0 Å². The second-order valence-electron chi connectivity index (χ2n) is 5.23. The van der Waals surface area contributed by atoms with Crippen LogP contribution in [0.2, 0.25) is 0 Å². The van der Waals surface area contributed by atoms with Crippen molar-refractivity contribution in [2.45, 2.75) is 57.1 Å². The zero-order chi connectivity index (χ0) is 12.3. The normalized spacial score (nSPS) is 35.0. The van der Waals surface area contributed by atoms with Crippen LogP contribution in [0.15, 0.2) is 0 Å². The van der Waals surface area contributed by atoms with Crippen molar-refractivity contribution in [2.75, 3.05) is 19.7 Å². The van der Waals surface area contributed by atoms with Crippen molar-refractivity contribution in [3.63, 3.8) is 0 Å². The van der Waals surface area contributed by atoms with Crippen molar-refractivity contribution >= 4 is 5.97 Å². The summed E-state index contributed by atoms with van der Waals surface area (Å²) in [6.07, 6.45) is 6.15. The largest absolute Gasteiger partial charge is 0.480 e. The van der Waals surface area contributed by atoms with Crippen LogP contribution in [0.25, 0.3) is 0 Å². The van der Waals surface area contributed by atoms with E-state index in [1.807, 2.05) is 6.92 Å². The monoisotopic (exact) mass is 241 g/mol. The lowest BCUT2D eigenvalue weighted by Gasteiger charge is -2.37. The molecule has 2 fully saturated rings. The van der Waals surface area contributed by atoms with E-state index >= 15 is 0 Å². The van der Waals surface area contributed by atoms with Crippen molar-refractivity contribution in [1.82, 2.24) is 4.90 Å². The minimum Gasteiger partial charge on any atom is -0.480 e. The van der Waals surface area contributed by atoms with Gasteiger partial charge in [-0.15, -0.1) is 0 Å². The Hall–Kier alpha value is -0.610. The quantitative estimate of drug-likeness (QED) is 0.816. The van der Waals surface area contributed by atoms with Crippen molar-refractivity contribution in [3.8, 4) is 0 Å². The molecule has 0 aromatic heterocycles. The van der Waals surface area contributed by atoms with Gasteiger partial charge in [-0.2, -0.15) is 0 Å². The Balaban J connectivity index is 2.00. The lowest BCUT2D eigenvalue weighted by Crippen LogP contribution is -2.52. The number of carbonyl (C=O) groups is 1. The molecule has 2 atom stereocenters. The van der Waals surface area contributed by atoms with Gasteiger partial charge < -0.3 is 9.84 Å². The van der Waals surface area contributed by atoms with Crippen LogP contribution < -0.4 is 0 Å². The van der Waals surface area contributed by atoms with E-state index in [1.165, 1.54) is 6.42 Å². The Labute approximate surface area is 103 Å². The molecule has 4 heteroatoms. The standard InChI is InChI=1S/C13H23NO3/c1-2-13(12(15)16)7-5-8-14(13)10-11-6-3-4-9-17-11/h11H,2-10H2,1H3,(H,15,16).